The molecule has 0 saturated carbocycles. The fourth-order valence-corrected chi connectivity index (χ4v) is 2.17. The van der Waals surface area contributed by atoms with Gasteiger partial charge in [-0.1, -0.05) is 19.1 Å². The highest BCUT2D eigenvalue weighted by atomic mass is 16.5. The summed E-state index contributed by atoms with van der Waals surface area (Å²) >= 11 is 0. The first-order chi connectivity index (χ1) is 9.51. The van der Waals surface area contributed by atoms with Gasteiger partial charge in [0.1, 0.15) is 11.3 Å². The maximum Gasteiger partial charge on any atom is 0.322 e. The molecule has 1 aliphatic rings. The summed E-state index contributed by atoms with van der Waals surface area (Å²) in [6.07, 6.45) is 0.472. The molecule has 106 valence electrons. The number of benzene rings is 1. The molecule has 0 bridgehead atoms. The molecular weight excluding hydrogens is 258 g/mol. The van der Waals surface area contributed by atoms with Gasteiger partial charge in [-0.3, -0.25) is 15.1 Å². The van der Waals surface area contributed by atoms with Crippen LogP contribution in [0.15, 0.2) is 29.3 Å². The van der Waals surface area contributed by atoms with Crippen LogP contribution in [-0.2, 0) is 10.3 Å². The molecule has 0 aromatic heterocycles. The number of carbonyl (C=O) groups excluding carboxylic acids is 2. The van der Waals surface area contributed by atoms with Crippen molar-refractivity contribution in [3.63, 3.8) is 0 Å². The molecule has 6 nitrogen and oxygen atoms in total. The molecule has 1 aliphatic heterocycles. The van der Waals surface area contributed by atoms with Gasteiger partial charge in [0.15, 0.2) is 5.90 Å². The molecule has 1 fully saturated rings. The van der Waals surface area contributed by atoms with E-state index in [1.807, 2.05) is 6.92 Å². The minimum absolute atomic E-state index is 0.329. The second-order valence-electron chi connectivity index (χ2n) is 4.54. The first-order valence-corrected chi connectivity index (χ1v) is 6.37. The van der Waals surface area contributed by atoms with E-state index < -0.39 is 11.6 Å². The Bertz CT molecular complexity index is 566. The monoisotopic (exact) mass is 275 g/mol. The molecule has 1 aromatic rings. The second kappa shape index (κ2) is 5.32. The summed E-state index contributed by atoms with van der Waals surface area (Å²) in [5, 5.41) is 4.96. The lowest BCUT2D eigenvalue weighted by atomic mass is 9.87. The Hall–Kier alpha value is -2.37. The zero-order valence-corrected chi connectivity index (χ0v) is 11.7. The van der Waals surface area contributed by atoms with Gasteiger partial charge in [-0.25, -0.2) is 4.79 Å². The molecule has 2 N–H and O–H groups in total. The summed E-state index contributed by atoms with van der Waals surface area (Å²) in [6, 6.07) is 6.57. The number of ether oxygens (including phenoxy) is 1. The van der Waals surface area contributed by atoms with E-state index in [0.29, 0.717) is 18.1 Å². The first-order valence-electron chi connectivity index (χ1n) is 6.37. The maximum absolute atomic E-state index is 12.0. The summed E-state index contributed by atoms with van der Waals surface area (Å²) in [5.41, 5.74) is -0.273. The van der Waals surface area contributed by atoms with Crippen LogP contribution in [0.2, 0.25) is 0 Å². The predicted octanol–water partition coefficient (Wildman–Crippen LogP) is 1.56. The lowest BCUT2D eigenvalue weighted by Gasteiger charge is -2.24. The van der Waals surface area contributed by atoms with Crippen LogP contribution in [0.1, 0.15) is 25.8 Å². The fraction of sp³-hybridized carbons (Fsp3) is 0.357. The lowest BCUT2D eigenvalue weighted by molar-refractivity contribution is -0.124. The fourth-order valence-electron chi connectivity index (χ4n) is 2.17. The molecule has 6 heteroatoms. The smallest absolute Gasteiger partial charge is 0.322 e. The summed E-state index contributed by atoms with van der Waals surface area (Å²) in [5.74, 6) is 0.854. The molecule has 3 amide bonds. The summed E-state index contributed by atoms with van der Waals surface area (Å²) in [6.45, 7) is 3.61. The van der Waals surface area contributed by atoms with Crippen LogP contribution in [0.5, 0.6) is 5.75 Å². The SMILES string of the molecule is CCC1(c2ccc(OC(C)=NC)cc2)NC(=O)NC1=O. The van der Waals surface area contributed by atoms with Crippen molar-refractivity contribution in [3.8, 4) is 5.75 Å². The van der Waals surface area contributed by atoms with Crippen LogP contribution >= 0.6 is 0 Å². The number of hydrogen-bond acceptors (Lipinski definition) is 4. The molecular formula is C14H17N3O3. The Balaban J connectivity index is 2.29. The Labute approximate surface area is 117 Å². The third-order valence-electron chi connectivity index (χ3n) is 3.40. The van der Waals surface area contributed by atoms with Crippen molar-refractivity contribution >= 4 is 17.8 Å². The second-order valence-corrected chi connectivity index (χ2v) is 4.54. The molecule has 2 rings (SSSR count). The molecule has 1 unspecified atom stereocenters. The number of carbonyl (C=O) groups is 2. The Morgan fingerprint density at radius 2 is 1.95 bits per heavy atom. The van der Waals surface area contributed by atoms with Gasteiger partial charge in [-0.2, -0.15) is 0 Å². The van der Waals surface area contributed by atoms with E-state index in [4.69, 9.17) is 4.74 Å². The average Bonchev–Trinajstić information content (AvgIpc) is 2.74. The largest absolute Gasteiger partial charge is 0.444 e. The van der Waals surface area contributed by atoms with Gasteiger partial charge < -0.3 is 10.1 Å². The highest BCUT2D eigenvalue weighted by Gasteiger charge is 2.46. The van der Waals surface area contributed by atoms with Gasteiger partial charge >= 0.3 is 6.03 Å². The lowest BCUT2D eigenvalue weighted by Crippen LogP contribution is -2.43. The standard InChI is InChI=1S/C14H17N3O3/c1-4-14(12(18)16-13(19)17-14)10-5-7-11(8-6-10)20-9(2)15-3/h5-8H,4H2,1-3H3,(H2,16,17,18,19). The van der Waals surface area contributed by atoms with Crippen LogP contribution in [0, 0.1) is 0 Å². The molecule has 1 atom stereocenters. The molecule has 1 saturated heterocycles. The summed E-state index contributed by atoms with van der Waals surface area (Å²) in [4.78, 5) is 27.3. The quantitative estimate of drug-likeness (QED) is 0.499. The summed E-state index contributed by atoms with van der Waals surface area (Å²) in [7, 11) is 1.65. The van der Waals surface area contributed by atoms with Crippen molar-refractivity contribution in [2.24, 2.45) is 4.99 Å². The number of urea groups is 1. The highest BCUT2D eigenvalue weighted by molar-refractivity contribution is 6.07. The van der Waals surface area contributed by atoms with Gasteiger partial charge in [0.25, 0.3) is 5.91 Å². The van der Waals surface area contributed by atoms with Crippen LogP contribution in [0.3, 0.4) is 0 Å². The molecule has 1 heterocycles. The van der Waals surface area contributed by atoms with Gasteiger partial charge in [-0.05, 0) is 24.1 Å². The topological polar surface area (TPSA) is 79.8 Å². The molecule has 20 heavy (non-hydrogen) atoms. The van der Waals surface area contributed by atoms with Crippen LogP contribution in [-0.4, -0.2) is 24.9 Å². The normalized spacial score (nSPS) is 22.4. The number of hydrogen-bond donors (Lipinski definition) is 2. The van der Waals surface area contributed by atoms with E-state index in [1.165, 1.54) is 0 Å². The maximum atomic E-state index is 12.0. The Morgan fingerprint density at radius 1 is 1.30 bits per heavy atom. The van der Waals surface area contributed by atoms with E-state index in [0.717, 1.165) is 5.56 Å². The molecule has 1 aromatic carbocycles. The number of imide groups is 1. The number of rotatable bonds is 3. The van der Waals surface area contributed by atoms with Gasteiger partial charge in [-0.15, -0.1) is 0 Å². The third kappa shape index (κ3) is 2.36. The van der Waals surface area contributed by atoms with Crippen molar-refractivity contribution < 1.29 is 14.3 Å². The number of nitrogens with one attached hydrogen (secondary N) is 2. The van der Waals surface area contributed by atoms with Crippen molar-refractivity contribution in [1.29, 1.82) is 0 Å². The Morgan fingerprint density at radius 3 is 2.40 bits per heavy atom. The van der Waals surface area contributed by atoms with E-state index in [-0.39, 0.29) is 5.91 Å². The van der Waals surface area contributed by atoms with Crippen molar-refractivity contribution in [3.05, 3.63) is 29.8 Å². The third-order valence-corrected chi connectivity index (χ3v) is 3.40. The number of nitrogens with zero attached hydrogens (tertiary/aromatic N) is 1. The van der Waals surface area contributed by atoms with E-state index in [1.54, 1.807) is 38.2 Å². The first kappa shape index (κ1) is 14.0. The minimum atomic E-state index is -0.997. The highest BCUT2D eigenvalue weighted by Crippen LogP contribution is 2.29. The van der Waals surface area contributed by atoms with Crippen LogP contribution in [0.4, 0.5) is 4.79 Å². The van der Waals surface area contributed by atoms with Crippen molar-refractivity contribution in [2.45, 2.75) is 25.8 Å². The predicted molar refractivity (Wildman–Crippen MR) is 74.7 cm³/mol. The minimum Gasteiger partial charge on any atom is -0.444 e. The van der Waals surface area contributed by atoms with Crippen LogP contribution < -0.4 is 15.4 Å². The van der Waals surface area contributed by atoms with E-state index in [9.17, 15) is 9.59 Å². The Kier molecular flexibility index (Phi) is 3.74. The van der Waals surface area contributed by atoms with Gasteiger partial charge in [0.2, 0.25) is 0 Å². The van der Waals surface area contributed by atoms with Crippen molar-refractivity contribution in [1.82, 2.24) is 10.6 Å². The van der Waals surface area contributed by atoms with Crippen molar-refractivity contribution in [2.75, 3.05) is 7.05 Å². The van der Waals surface area contributed by atoms with Crippen LogP contribution in [0.25, 0.3) is 0 Å². The van der Waals surface area contributed by atoms with E-state index in [2.05, 4.69) is 15.6 Å². The number of aliphatic imine (C=N–C) groups is 1. The average molecular weight is 275 g/mol. The number of amides is 3. The summed E-state index contributed by atoms with van der Waals surface area (Å²) < 4.78 is 5.46. The van der Waals surface area contributed by atoms with E-state index >= 15 is 0 Å². The zero-order chi connectivity index (χ0) is 14.8. The van der Waals surface area contributed by atoms with Gasteiger partial charge in [0.05, 0.1) is 0 Å². The van der Waals surface area contributed by atoms with Gasteiger partial charge in [0, 0.05) is 14.0 Å². The molecule has 0 spiro atoms. The molecule has 0 aliphatic carbocycles. The zero-order valence-electron chi connectivity index (χ0n) is 11.7. The molecule has 0 radical (unpaired) electrons.